The average molecular weight is 691 g/mol. The quantitative estimate of drug-likeness (QED) is 0.110. The minimum Gasteiger partial charge on any atom is -0.449 e. The molecule has 2 aromatic heterocycles. The molecule has 4 amide bonds. The van der Waals surface area contributed by atoms with E-state index < -0.39 is 35.8 Å². The highest BCUT2D eigenvalue weighted by Crippen LogP contribution is 2.21. The molecule has 0 bridgehead atoms. The van der Waals surface area contributed by atoms with Crippen molar-refractivity contribution in [2.75, 3.05) is 7.05 Å². The number of aliphatic hydroxyl groups is 1. The Hall–Kier alpha value is -4.75. The smallest absolute Gasteiger partial charge is 0.407 e. The molecule has 0 aliphatic heterocycles. The van der Waals surface area contributed by atoms with E-state index in [1.54, 1.807) is 18.8 Å². The van der Waals surface area contributed by atoms with Crippen LogP contribution in [-0.2, 0) is 41.9 Å². The molecule has 0 saturated carbocycles. The number of nitrogens with one attached hydrogen (secondary N) is 3. The lowest BCUT2D eigenvalue weighted by Gasteiger charge is -2.34. The van der Waals surface area contributed by atoms with Crippen molar-refractivity contribution >= 4 is 29.4 Å². The van der Waals surface area contributed by atoms with E-state index >= 15 is 0 Å². The Kier molecular flexibility index (Phi) is 13.7. The standard InChI is InChI=1S/C36H46N6O6S/c1-5-31-38-29(22-47-31)21-42(4)34(44)40-32(25(2)3)33(43)41-36(46,19-27-14-10-7-11-15-27)17-16-28(18-26-12-8-6-9-13-26)39-35(45)48-23-30-20-37-24-49-30/h6-15,20,22,24-25,28,32,46H,5,16-19,21,23H2,1-4H3,(H,39,45)(H,40,44)(H,41,43)/t28-,32-,36-/m0/s1. The van der Waals surface area contributed by atoms with E-state index in [1.807, 2.05) is 81.4 Å². The van der Waals surface area contributed by atoms with Crippen LogP contribution in [0.25, 0.3) is 0 Å². The fourth-order valence-corrected chi connectivity index (χ4v) is 5.81. The van der Waals surface area contributed by atoms with Gasteiger partial charge in [-0.25, -0.2) is 14.6 Å². The van der Waals surface area contributed by atoms with Gasteiger partial charge in [0.25, 0.3) is 0 Å². The van der Waals surface area contributed by atoms with Crippen LogP contribution in [0.5, 0.6) is 0 Å². The van der Waals surface area contributed by atoms with Gasteiger partial charge < -0.3 is 35.1 Å². The molecule has 13 heteroatoms. The van der Waals surface area contributed by atoms with E-state index in [0.717, 1.165) is 16.0 Å². The topological polar surface area (TPSA) is 159 Å². The third kappa shape index (κ3) is 12.0. The molecule has 49 heavy (non-hydrogen) atoms. The summed E-state index contributed by atoms with van der Waals surface area (Å²) in [6.45, 7) is 5.87. The number of aryl methyl sites for hydroxylation is 1. The number of thiazole rings is 1. The highest BCUT2D eigenvalue weighted by molar-refractivity contribution is 7.09. The minimum atomic E-state index is -1.71. The first-order chi connectivity index (χ1) is 23.5. The van der Waals surface area contributed by atoms with Crippen LogP contribution in [0.3, 0.4) is 0 Å². The molecule has 4 N–H and O–H groups in total. The molecule has 0 aliphatic carbocycles. The second-order valence-electron chi connectivity index (χ2n) is 12.4. The van der Waals surface area contributed by atoms with Crippen molar-refractivity contribution in [3.63, 3.8) is 0 Å². The number of urea groups is 1. The van der Waals surface area contributed by atoms with Crippen LogP contribution < -0.4 is 16.0 Å². The summed E-state index contributed by atoms with van der Waals surface area (Å²) in [5.74, 6) is -0.241. The summed E-state index contributed by atoms with van der Waals surface area (Å²) in [4.78, 5) is 50.5. The third-order valence-corrected chi connectivity index (χ3v) is 8.71. The largest absolute Gasteiger partial charge is 0.449 e. The zero-order valence-electron chi connectivity index (χ0n) is 28.4. The summed E-state index contributed by atoms with van der Waals surface area (Å²) in [6.07, 6.45) is 4.21. The van der Waals surface area contributed by atoms with Gasteiger partial charge in [-0.3, -0.25) is 9.78 Å². The molecule has 0 radical (unpaired) electrons. The summed E-state index contributed by atoms with van der Waals surface area (Å²) in [7, 11) is 1.61. The molecule has 3 atom stereocenters. The molecule has 262 valence electrons. The molecule has 0 saturated heterocycles. The lowest BCUT2D eigenvalue weighted by molar-refractivity contribution is -0.132. The van der Waals surface area contributed by atoms with Gasteiger partial charge in [0.05, 0.1) is 22.6 Å². The monoisotopic (exact) mass is 690 g/mol. The maximum Gasteiger partial charge on any atom is 0.407 e. The van der Waals surface area contributed by atoms with Crippen LogP contribution in [0.2, 0.25) is 0 Å². The van der Waals surface area contributed by atoms with Gasteiger partial charge in [0.15, 0.2) is 5.89 Å². The summed E-state index contributed by atoms with van der Waals surface area (Å²) in [6, 6.07) is 17.2. The zero-order chi connectivity index (χ0) is 35.2. The number of hydrogen-bond acceptors (Lipinski definition) is 9. The lowest BCUT2D eigenvalue weighted by atomic mass is 9.92. The SMILES string of the molecule is CCc1nc(CN(C)C(=O)N[C@H](C(=O)N[C@](O)(CC[C@@H](Cc2ccccc2)NC(=O)OCc2cncs2)Cc2ccccc2)C(C)C)co1. The molecule has 2 aromatic carbocycles. The van der Waals surface area contributed by atoms with E-state index in [-0.39, 0.29) is 31.9 Å². The molecule has 4 rings (SSSR count). The van der Waals surface area contributed by atoms with E-state index in [2.05, 4.69) is 25.9 Å². The summed E-state index contributed by atoms with van der Waals surface area (Å²) in [5.41, 5.74) is 2.37. The number of benzene rings is 2. The van der Waals surface area contributed by atoms with Crippen molar-refractivity contribution in [2.45, 2.75) is 83.8 Å². The number of amides is 4. The number of hydrogen-bond donors (Lipinski definition) is 4. The van der Waals surface area contributed by atoms with Gasteiger partial charge in [-0.05, 0) is 36.3 Å². The van der Waals surface area contributed by atoms with Gasteiger partial charge in [-0.15, -0.1) is 11.3 Å². The highest BCUT2D eigenvalue weighted by atomic mass is 32.1. The first-order valence-electron chi connectivity index (χ1n) is 16.4. The fraction of sp³-hybridized carbons (Fsp3) is 0.417. The minimum absolute atomic E-state index is 0.0957. The number of ether oxygens (including phenoxy) is 1. The Morgan fingerprint density at radius 1 is 1.04 bits per heavy atom. The zero-order valence-corrected chi connectivity index (χ0v) is 29.2. The van der Waals surface area contributed by atoms with Gasteiger partial charge in [0.2, 0.25) is 5.91 Å². The number of oxazole rings is 1. The van der Waals surface area contributed by atoms with Crippen molar-refractivity contribution in [2.24, 2.45) is 5.92 Å². The molecule has 12 nitrogen and oxygen atoms in total. The van der Waals surface area contributed by atoms with Crippen molar-refractivity contribution in [3.05, 3.63) is 106 Å². The van der Waals surface area contributed by atoms with Gasteiger partial charge >= 0.3 is 12.1 Å². The van der Waals surface area contributed by atoms with E-state index in [9.17, 15) is 19.5 Å². The van der Waals surface area contributed by atoms with Gasteiger partial charge in [0.1, 0.15) is 24.6 Å². The number of rotatable bonds is 17. The number of alkyl carbamates (subject to hydrolysis) is 1. The Balaban J connectivity index is 1.47. The molecule has 2 heterocycles. The summed E-state index contributed by atoms with van der Waals surface area (Å²) >= 11 is 1.39. The number of carbonyl (C=O) groups excluding carboxylic acids is 3. The van der Waals surface area contributed by atoms with Crippen LogP contribution in [0.15, 0.2) is 83.1 Å². The fourth-order valence-electron chi connectivity index (χ4n) is 5.31. The molecule has 0 aliphatic rings. The molecule has 0 spiro atoms. The maximum absolute atomic E-state index is 13.8. The Morgan fingerprint density at radius 2 is 1.73 bits per heavy atom. The summed E-state index contributed by atoms with van der Waals surface area (Å²) in [5, 5.41) is 20.7. The molecular formula is C36H46N6O6S. The van der Waals surface area contributed by atoms with Crippen LogP contribution in [0.1, 0.15) is 61.2 Å². The predicted octanol–water partition coefficient (Wildman–Crippen LogP) is 5.22. The Bertz CT molecular complexity index is 1600. The second kappa shape index (κ2) is 18.1. The van der Waals surface area contributed by atoms with Crippen molar-refractivity contribution < 1.29 is 28.6 Å². The van der Waals surface area contributed by atoms with Gasteiger partial charge in [-0.1, -0.05) is 81.4 Å². The normalized spacial score (nSPS) is 13.6. The van der Waals surface area contributed by atoms with Crippen molar-refractivity contribution in [1.82, 2.24) is 30.8 Å². The Labute approximate surface area is 291 Å². The van der Waals surface area contributed by atoms with Crippen LogP contribution >= 0.6 is 11.3 Å². The molecule has 4 aromatic rings. The number of carbonyl (C=O) groups is 3. The van der Waals surface area contributed by atoms with Gasteiger partial charge in [-0.2, -0.15) is 0 Å². The van der Waals surface area contributed by atoms with Crippen LogP contribution in [0.4, 0.5) is 9.59 Å². The average Bonchev–Trinajstić information content (AvgIpc) is 3.78. The number of nitrogens with zero attached hydrogens (tertiary/aromatic N) is 3. The number of aromatic nitrogens is 2. The van der Waals surface area contributed by atoms with E-state index in [4.69, 9.17) is 9.15 Å². The summed E-state index contributed by atoms with van der Waals surface area (Å²) < 4.78 is 10.8. The maximum atomic E-state index is 13.8. The highest BCUT2D eigenvalue weighted by Gasteiger charge is 2.35. The second-order valence-corrected chi connectivity index (χ2v) is 13.4. The molecule has 0 fully saturated rings. The Morgan fingerprint density at radius 3 is 2.35 bits per heavy atom. The van der Waals surface area contributed by atoms with Crippen LogP contribution in [-0.4, -0.2) is 62.9 Å². The van der Waals surface area contributed by atoms with Gasteiger partial charge in [0, 0.05) is 32.1 Å². The first-order valence-corrected chi connectivity index (χ1v) is 17.3. The molecular weight excluding hydrogens is 644 g/mol. The van der Waals surface area contributed by atoms with Crippen molar-refractivity contribution in [3.8, 4) is 0 Å². The van der Waals surface area contributed by atoms with E-state index in [0.29, 0.717) is 30.8 Å². The third-order valence-electron chi connectivity index (χ3n) is 7.95. The van der Waals surface area contributed by atoms with Crippen molar-refractivity contribution in [1.29, 1.82) is 0 Å². The van der Waals surface area contributed by atoms with E-state index in [1.165, 1.54) is 22.5 Å². The lowest BCUT2D eigenvalue weighted by Crippen LogP contribution is -2.59. The molecule has 0 unspecified atom stereocenters. The first kappa shape index (κ1) is 37.1. The van der Waals surface area contributed by atoms with Crippen LogP contribution in [0, 0.1) is 5.92 Å². The predicted molar refractivity (Wildman–Crippen MR) is 186 cm³/mol.